The van der Waals surface area contributed by atoms with Gasteiger partial charge in [-0.1, -0.05) is 24.3 Å². The number of nitrogen functional groups attached to an aromatic ring is 1. The number of nitrogens with zero attached hydrogens (tertiary/aromatic N) is 1. The number of nitrogens with two attached hydrogens (primary N) is 1. The molecule has 0 fully saturated rings. The largest absolute Gasteiger partial charge is 0.398 e. The van der Waals surface area contributed by atoms with Crippen LogP contribution in [0.4, 0.5) is 5.69 Å². The van der Waals surface area contributed by atoms with Crippen LogP contribution in [0.3, 0.4) is 0 Å². The molecule has 2 rings (SSSR count). The number of ether oxygens (including phenoxy) is 1. The molecule has 0 atom stereocenters. The number of anilines is 1. The number of hydrogen-bond acceptors (Lipinski definition) is 3. The van der Waals surface area contributed by atoms with E-state index in [0.717, 1.165) is 18.5 Å². The standard InChI is InChI=1S/C15H20N2O2/c1-19-11-12-6-8-17(9-7-12)15(18)10-13-4-2-3-5-14(13)16/h2-6H,7-11,16H2,1H3. The van der Waals surface area contributed by atoms with Crippen LogP contribution in [0, 0.1) is 0 Å². The summed E-state index contributed by atoms with van der Waals surface area (Å²) in [6.45, 7) is 2.10. The van der Waals surface area contributed by atoms with Crippen molar-refractivity contribution in [3.05, 3.63) is 41.5 Å². The summed E-state index contributed by atoms with van der Waals surface area (Å²) in [5, 5.41) is 0. The average molecular weight is 260 g/mol. The number of carbonyl (C=O) groups is 1. The van der Waals surface area contributed by atoms with Gasteiger partial charge < -0.3 is 15.4 Å². The van der Waals surface area contributed by atoms with E-state index in [2.05, 4.69) is 6.08 Å². The van der Waals surface area contributed by atoms with Crippen LogP contribution in [0.5, 0.6) is 0 Å². The molecular formula is C15H20N2O2. The molecule has 0 aromatic heterocycles. The summed E-state index contributed by atoms with van der Waals surface area (Å²) in [5.41, 5.74) is 8.72. The molecule has 0 saturated carbocycles. The average Bonchev–Trinajstić information content (AvgIpc) is 2.42. The lowest BCUT2D eigenvalue weighted by Crippen LogP contribution is -2.36. The van der Waals surface area contributed by atoms with E-state index in [9.17, 15) is 4.79 Å². The molecule has 0 aliphatic carbocycles. The maximum absolute atomic E-state index is 12.2. The Morgan fingerprint density at radius 2 is 2.21 bits per heavy atom. The Kier molecular flexibility index (Phi) is 4.58. The van der Waals surface area contributed by atoms with Crippen molar-refractivity contribution in [2.24, 2.45) is 0 Å². The lowest BCUT2D eigenvalue weighted by atomic mass is 10.1. The molecule has 1 aliphatic heterocycles. The summed E-state index contributed by atoms with van der Waals surface area (Å²) in [6, 6.07) is 7.52. The molecule has 1 aromatic rings. The first kappa shape index (κ1) is 13.6. The van der Waals surface area contributed by atoms with Crippen LogP contribution in [0.1, 0.15) is 12.0 Å². The first-order valence-corrected chi connectivity index (χ1v) is 6.48. The number of carbonyl (C=O) groups excluding carboxylic acids is 1. The summed E-state index contributed by atoms with van der Waals surface area (Å²) in [7, 11) is 1.69. The zero-order chi connectivity index (χ0) is 13.7. The van der Waals surface area contributed by atoms with Crippen molar-refractivity contribution in [1.29, 1.82) is 0 Å². The molecule has 1 aromatic carbocycles. The fourth-order valence-electron chi connectivity index (χ4n) is 2.22. The summed E-state index contributed by atoms with van der Waals surface area (Å²) in [6.07, 6.45) is 3.35. The fraction of sp³-hybridized carbons (Fsp3) is 0.400. The van der Waals surface area contributed by atoms with Crippen LogP contribution >= 0.6 is 0 Å². The number of hydrogen-bond donors (Lipinski definition) is 1. The van der Waals surface area contributed by atoms with Gasteiger partial charge in [0.15, 0.2) is 0 Å². The minimum absolute atomic E-state index is 0.130. The molecule has 4 nitrogen and oxygen atoms in total. The zero-order valence-electron chi connectivity index (χ0n) is 11.3. The van der Waals surface area contributed by atoms with E-state index in [1.807, 2.05) is 29.2 Å². The Morgan fingerprint density at radius 1 is 1.42 bits per heavy atom. The van der Waals surface area contributed by atoms with Gasteiger partial charge in [-0.15, -0.1) is 0 Å². The molecule has 2 N–H and O–H groups in total. The van der Waals surface area contributed by atoms with Gasteiger partial charge in [0.05, 0.1) is 13.0 Å². The third kappa shape index (κ3) is 3.58. The third-order valence-corrected chi connectivity index (χ3v) is 3.38. The first-order chi connectivity index (χ1) is 9.20. The van der Waals surface area contributed by atoms with Crippen LogP contribution in [0.25, 0.3) is 0 Å². The van der Waals surface area contributed by atoms with Crippen molar-refractivity contribution in [3.63, 3.8) is 0 Å². The van der Waals surface area contributed by atoms with Crippen molar-refractivity contribution in [2.45, 2.75) is 12.8 Å². The molecule has 0 unspecified atom stereocenters. The van der Waals surface area contributed by atoms with E-state index in [0.29, 0.717) is 25.3 Å². The van der Waals surface area contributed by atoms with Crippen molar-refractivity contribution in [3.8, 4) is 0 Å². The highest BCUT2D eigenvalue weighted by atomic mass is 16.5. The zero-order valence-corrected chi connectivity index (χ0v) is 11.3. The van der Waals surface area contributed by atoms with Crippen molar-refractivity contribution in [1.82, 2.24) is 4.90 Å². The summed E-state index contributed by atoms with van der Waals surface area (Å²) in [5.74, 6) is 0.130. The van der Waals surface area contributed by atoms with E-state index in [4.69, 9.17) is 10.5 Å². The second kappa shape index (κ2) is 6.38. The van der Waals surface area contributed by atoms with Gasteiger partial charge in [0, 0.05) is 25.9 Å². The van der Waals surface area contributed by atoms with Crippen LogP contribution < -0.4 is 5.73 Å². The van der Waals surface area contributed by atoms with Gasteiger partial charge in [0.1, 0.15) is 0 Å². The van der Waals surface area contributed by atoms with Crippen molar-refractivity contribution in [2.75, 3.05) is 32.5 Å². The van der Waals surface area contributed by atoms with Crippen LogP contribution in [0.2, 0.25) is 0 Å². The summed E-state index contributed by atoms with van der Waals surface area (Å²) >= 11 is 0. The number of methoxy groups -OCH3 is 1. The fourth-order valence-corrected chi connectivity index (χ4v) is 2.22. The molecule has 1 amide bonds. The maximum Gasteiger partial charge on any atom is 0.227 e. The molecule has 102 valence electrons. The van der Waals surface area contributed by atoms with Gasteiger partial charge >= 0.3 is 0 Å². The Labute approximate surface area is 113 Å². The molecule has 1 aliphatic rings. The summed E-state index contributed by atoms with van der Waals surface area (Å²) in [4.78, 5) is 14.1. The van der Waals surface area contributed by atoms with Crippen LogP contribution in [0.15, 0.2) is 35.9 Å². The Morgan fingerprint density at radius 3 is 2.84 bits per heavy atom. The van der Waals surface area contributed by atoms with Crippen molar-refractivity contribution < 1.29 is 9.53 Å². The molecule has 0 bridgehead atoms. The van der Waals surface area contributed by atoms with Gasteiger partial charge in [-0.25, -0.2) is 0 Å². The second-order valence-electron chi connectivity index (χ2n) is 4.76. The number of benzene rings is 1. The van der Waals surface area contributed by atoms with Gasteiger partial charge in [0.25, 0.3) is 0 Å². The second-order valence-corrected chi connectivity index (χ2v) is 4.76. The molecular weight excluding hydrogens is 240 g/mol. The monoisotopic (exact) mass is 260 g/mol. The third-order valence-electron chi connectivity index (χ3n) is 3.38. The molecule has 0 radical (unpaired) electrons. The molecule has 4 heteroatoms. The Bertz CT molecular complexity index is 483. The molecule has 0 saturated heterocycles. The predicted molar refractivity (Wildman–Crippen MR) is 75.7 cm³/mol. The van der Waals surface area contributed by atoms with Gasteiger partial charge in [-0.05, 0) is 23.6 Å². The minimum atomic E-state index is 0.130. The topological polar surface area (TPSA) is 55.6 Å². The molecule has 0 spiro atoms. The summed E-state index contributed by atoms with van der Waals surface area (Å²) < 4.78 is 5.10. The van der Waals surface area contributed by atoms with E-state index >= 15 is 0 Å². The lowest BCUT2D eigenvalue weighted by molar-refractivity contribution is -0.130. The lowest BCUT2D eigenvalue weighted by Gasteiger charge is -2.26. The van der Waals surface area contributed by atoms with E-state index in [-0.39, 0.29) is 5.91 Å². The quantitative estimate of drug-likeness (QED) is 0.661. The number of rotatable bonds is 4. The Hall–Kier alpha value is -1.81. The molecule has 19 heavy (non-hydrogen) atoms. The highest BCUT2D eigenvalue weighted by Gasteiger charge is 2.17. The molecule has 1 heterocycles. The minimum Gasteiger partial charge on any atom is -0.398 e. The van der Waals surface area contributed by atoms with E-state index in [1.165, 1.54) is 5.57 Å². The van der Waals surface area contributed by atoms with Crippen molar-refractivity contribution >= 4 is 11.6 Å². The predicted octanol–water partition coefficient (Wildman–Crippen LogP) is 1.62. The highest BCUT2D eigenvalue weighted by Crippen LogP contribution is 2.15. The van der Waals surface area contributed by atoms with Gasteiger partial charge in [-0.2, -0.15) is 0 Å². The van der Waals surface area contributed by atoms with Crippen LogP contribution in [-0.2, 0) is 16.0 Å². The van der Waals surface area contributed by atoms with Gasteiger partial charge in [-0.3, -0.25) is 4.79 Å². The maximum atomic E-state index is 12.2. The van der Waals surface area contributed by atoms with E-state index in [1.54, 1.807) is 7.11 Å². The SMILES string of the molecule is COCC1=CCN(C(=O)Cc2ccccc2N)CC1. The number of amides is 1. The van der Waals surface area contributed by atoms with E-state index < -0.39 is 0 Å². The Balaban J connectivity index is 1.94. The van der Waals surface area contributed by atoms with Gasteiger partial charge in [0.2, 0.25) is 5.91 Å². The first-order valence-electron chi connectivity index (χ1n) is 6.48. The van der Waals surface area contributed by atoms with Crippen LogP contribution in [-0.4, -0.2) is 37.6 Å². The normalized spacial score (nSPS) is 15.2. The smallest absolute Gasteiger partial charge is 0.227 e. The number of para-hydroxylation sites is 1. The highest BCUT2D eigenvalue weighted by molar-refractivity contribution is 5.80.